The number of amides is 3. The minimum Gasteiger partial charge on any atom is -0.454 e. The number of carbonyl (C=O) groups is 4. The standard InChI is InChI=1S/C21H21FN2O5/c1-13(2)18(24-20(27)15-8-10-16(22)11-9-15)21(28)29-12-17(25)23-19(26)14-6-4-3-5-7-14/h3-11,13,18H,12H2,1-2H3,(H,24,27)(H,23,25,26)/t18-/m0/s1. The molecule has 2 aromatic rings. The van der Waals surface area contributed by atoms with Crippen LogP contribution in [0.4, 0.5) is 4.39 Å². The van der Waals surface area contributed by atoms with Gasteiger partial charge < -0.3 is 10.1 Å². The molecule has 2 aromatic carbocycles. The Morgan fingerprint density at radius 3 is 2.07 bits per heavy atom. The highest BCUT2D eigenvalue weighted by Crippen LogP contribution is 2.08. The van der Waals surface area contributed by atoms with E-state index in [0.29, 0.717) is 5.56 Å². The van der Waals surface area contributed by atoms with Crippen molar-refractivity contribution in [2.45, 2.75) is 19.9 Å². The molecule has 0 aliphatic heterocycles. The van der Waals surface area contributed by atoms with Gasteiger partial charge in [-0.3, -0.25) is 19.7 Å². The summed E-state index contributed by atoms with van der Waals surface area (Å²) in [6.45, 7) is 2.71. The maximum absolute atomic E-state index is 13.0. The molecule has 0 bridgehead atoms. The number of imide groups is 1. The second-order valence-corrected chi connectivity index (χ2v) is 6.55. The molecule has 152 valence electrons. The quantitative estimate of drug-likeness (QED) is 0.693. The Balaban J connectivity index is 1.90. The summed E-state index contributed by atoms with van der Waals surface area (Å²) in [6, 6.07) is 11.9. The lowest BCUT2D eigenvalue weighted by Crippen LogP contribution is -2.46. The molecule has 0 aromatic heterocycles. The van der Waals surface area contributed by atoms with Crippen LogP contribution in [-0.4, -0.2) is 36.3 Å². The highest BCUT2D eigenvalue weighted by Gasteiger charge is 2.27. The number of halogens is 1. The van der Waals surface area contributed by atoms with Crippen LogP contribution in [-0.2, 0) is 14.3 Å². The molecule has 0 fully saturated rings. The summed E-state index contributed by atoms with van der Waals surface area (Å²) in [4.78, 5) is 48.3. The number of rotatable bonds is 7. The van der Waals surface area contributed by atoms with Gasteiger partial charge >= 0.3 is 5.97 Å². The van der Waals surface area contributed by atoms with Crippen LogP contribution in [0.2, 0.25) is 0 Å². The largest absolute Gasteiger partial charge is 0.454 e. The number of ether oxygens (including phenoxy) is 1. The van der Waals surface area contributed by atoms with E-state index in [4.69, 9.17) is 4.74 Å². The summed E-state index contributed by atoms with van der Waals surface area (Å²) >= 11 is 0. The fourth-order valence-electron chi connectivity index (χ4n) is 2.37. The number of nitrogens with one attached hydrogen (secondary N) is 2. The monoisotopic (exact) mass is 400 g/mol. The minimum atomic E-state index is -1.02. The molecule has 0 aliphatic rings. The van der Waals surface area contributed by atoms with Crippen LogP contribution in [0.25, 0.3) is 0 Å². The Kier molecular flexibility index (Phi) is 7.59. The van der Waals surface area contributed by atoms with E-state index in [1.165, 1.54) is 24.3 Å². The third kappa shape index (κ3) is 6.53. The van der Waals surface area contributed by atoms with Gasteiger partial charge in [0.05, 0.1) is 0 Å². The summed E-state index contributed by atoms with van der Waals surface area (Å²) in [5, 5.41) is 4.62. The lowest BCUT2D eigenvalue weighted by atomic mass is 10.0. The number of carbonyl (C=O) groups excluding carboxylic acids is 4. The predicted molar refractivity (Wildman–Crippen MR) is 102 cm³/mol. The third-order valence-corrected chi connectivity index (χ3v) is 3.95. The molecule has 0 heterocycles. The van der Waals surface area contributed by atoms with Gasteiger partial charge in [-0.25, -0.2) is 9.18 Å². The van der Waals surface area contributed by atoms with E-state index in [2.05, 4.69) is 10.6 Å². The molecule has 2 rings (SSSR count). The van der Waals surface area contributed by atoms with Crippen molar-refractivity contribution in [3.05, 3.63) is 71.5 Å². The molecule has 29 heavy (non-hydrogen) atoms. The van der Waals surface area contributed by atoms with Crippen LogP contribution in [0.3, 0.4) is 0 Å². The molecule has 3 amide bonds. The Hall–Kier alpha value is -3.55. The molecule has 0 spiro atoms. The van der Waals surface area contributed by atoms with Crippen LogP contribution in [0.1, 0.15) is 34.6 Å². The van der Waals surface area contributed by atoms with Crippen molar-refractivity contribution in [1.29, 1.82) is 0 Å². The second-order valence-electron chi connectivity index (χ2n) is 6.55. The van der Waals surface area contributed by atoms with Crippen LogP contribution in [0, 0.1) is 11.7 Å². The van der Waals surface area contributed by atoms with Crippen LogP contribution in [0.5, 0.6) is 0 Å². The fraction of sp³-hybridized carbons (Fsp3) is 0.238. The number of esters is 1. The van der Waals surface area contributed by atoms with Crippen LogP contribution < -0.4 is 10.6 Å². The highest BCUT2D eigenvalue weighted by atomic mass is 19.1. The summed E-state index contributed by atoms with van der Waals surface area (Å²) in [5.41, 5.74) is 0.467. The number of hydrogen-bond donors (Lipinski definition) is 2. The van der Waals surface area contributed by atoms with Crippen molar-refractivity contribution in [2.24, 2.45) is 5.92 Å². The first kappa shape index (κ1) is 21.7. The van der Waals surface area contributed by atoms with Gasteiger partial charge in [0, 0.05) is 11.1 Å². The third-order valence-electron chi connectivity index (χ3n) is 3.95. The Labute approximate surface area is 167 Å². The van der Waals surface area contributed by atoms with Crippen LogP contribution >= 0.6 is 0 Å². The molecule has 1 atom stereocenters. The molecular formula is C21H21FN2O5. The topological polar surface area (TPSA) is 102 Å². The van der Waals surface area contributed by atoms with E-state index in [0.717, 1.165) is 12.1 Å². The van der Waals surface area contributed by atoms with Gasteiger partial charge in [-0.2, -0.15) is 0 Å². The first-order valence-electron chi connectivity index (χ1n) is 8.90. The van der Waals surface area contributed by atoms with Crippen LogP contribution in [0.15, 0.2) is 54.6 Å². The lowest BCUT2D eigenvalue weighted by molar-refractivity contribution is -0.151. The summed E-state index contributed by atoms with van der Waals surface area (Å²) < 4.78 is 17.9. The first-order chi connectivity index (χ1) is 13.8. The Morgan fingerprint density at radius 2 is 1.48 bits per heavy atom. The average molecular weight is 400 g/mol. The van der Waals surface area contributed by atoms with Gasteiger partial charge in [-0.05, 0) is 42.3 Å². The average Bonchev–Trinajstić information content (AvgIpc) is 2.71. The van der Waals surface area contributed by atoms with Crippen molar-refractivity contribution < 1.29 is 28.3 Å². The number of benzene rings is 2. The van der Waals surface area contributed by atoms with E-state index < -0.39 is 42.2 Å². The Morgan fingerprint density at radius 1 is 0.897 bits per heavy atom. The molecule has 7 nitrogen and oxygen atoms in total. The van der Waals surface area contributed by atoms with E-state index >= 15 is 0 Å². The maximum Gasteiger partial charge on any atom is 0.329 e. The second kappa shape index (κ2) is 10.1. The maximum atomic E-state index is 13.0. The molecule has 0 saturated carbocycles. The zero-order chi connectivity index (χ0) is 21.4. The zero-order valence-corrected chi connectivity index (χ0v) is 16.0. The summed E-state index contributed by atoms with van der Waals surface area (Å²) in [5.74, 6) is -3.63. The van der Waals surface area contributed by atoms with E-state index in [1.54, 1.807) is 32.0 Å². The van der Waals surface area contributed by atoms with E-state index in [-0.39, 0.29) is 11.5 Å². The molecule has 8 heteroatoms. The molecule has 0 saturated heterocycles. The zero-order valence-electron chi connectivity index (χ0n) is 16.0. The van der Waals surface area contributed by atoms with Crippen molar-refractivity contribution in [3.63, 3.8) is 0 Å². The molecule has 0 aliphatic carbocycles. The summed E-state index contributed by atoms with van der Waals surface area (Å²) in [7, 11) is 0. The number of hydrogen-bond acceptors (Lipinski definition) is 5. The van der Waals surface area contributed by atoms with Gasteiger partial charge in [0.25, 0.3) is 17.7 Å². The fourth-order valence-corrected chi connectivity index (χ4v) is 2.37. The van der Waals surface area contributed by atoms with Gasteiger partial charge in [0.15, 0.2) is 6.61 Å². The Bertz CT molecular complexity index is 882. The van der Waals surface area contributed by atoms with Gasteiger partial charge in [-0.1, -0.05) is 32.0 Å². The van der Waals surface area contributed by atoms with Crippen molar-refractivity contribution in [3.8, 4) is 0 Å². The van der Waals surface area contributed by atoms with Crippen molar-refractivity contribution >= 4 is 23.7 Å². The molecule has 2 N–H and O–H groups in total. The molecule has 0 radical (unpaired) electrons. The van der Waals surface area contributed by atoms with E-state index in [9.17, 15) is 23.6 Å². The van der Waals surface area contributed by atoms with E-state index in [1.807, 2.05) is 0 Å². The minimum absolute atomic E-state index is 0.177. The molecular weight excluding hydrogens is 379 g/mol. The highest BCUT2D eigenvalue weighted by molar-refractivity contribution is 6.05. The van der Waals surface area contributed by atoms with Gasteiger partial charge in [-0.15, -0.1) is 0 Å². The normalized spacial score (nSPS) is 11.4. The summed E-state index contributed by atoms with van der Waals surface area (Å²) in [6.07, 6.45) is 0. The lowest BCUT2D eigenvalue weighted by Gasteiger charge is -2.20. The smallest absolute Gasteiger partial charge is 0.329 e. The molecule has 0 unspecified atom stereocenters. The van der Waals surface area contributed by atoms with Gasteiger partial charge in [0.1, 0.15) is 11.9 Å². The predicted octanol–water partition coefficient (Wildman–Crippen LogP) is 2.08. The van der Waals surface area contributed by atoms with Crippen molar-refractivity contribution in [2.75, 3.05) is 6.61 Å². The van der Waals surface area contributed by atoms with Crippen molar-refractivity contribution in [1.82, 2.24) is 10.6 Å². The first-order valence-corrected chi connectivity index (χ1v) is 8.90. The van der Waals surface area contributed by atoms with Gasteiger partial charge in [0.2, 0.25) is 0 Å². The SMILES string of the molecule is CC(C)[C@H](NC(=O)c1ccc(F)cc1)C(=O)OCC(=O)NC(=O)c1ccccc1.